The number of carbonyl (C=O) groups is 1. The number of carbonyl (C=O) groups excluding carboxylic acids is 1. The minimum absolute atomic E-state index is 0.0980. The van der Waals surface area contributed by atoms with Crippen molar-refractivity contribution >= 4 is 73.6 Å². The largest absolute Gasteiger partial charge is 0.507 e. The number of nitro benzene ring substituents is 1. The lowest BCUT2D eigenvalue weighted by molar-refractivity contribution is -0.384. The number of aliphatic hydroxyl groups excluding tert-OH is 1. The van der Waals surface area contributed by atoms with Crippen LogP contribution in [-0.2, 0) is 55.4 Å². The Kier molecular flexibility index (Phi) is 12.4. The standard InChI is InChI=1S/C42H42ClN7O8S2/c1-24-38-35(48(15-8-16-51)41(24)42(53)58-5)14-12-32(43)40(38)39-25(2)46(3)45-33(39)22-49(60(56)57)34-13-11-26(18-36(34)50(54)55)17-28-20-29(47(4)44-28)23-59-30-19-27-9-6-7-10-31(27)37(52)21-30/h6-7,9-14,18-21,51-52H,8,15-17,22-23H2,1-5H3,(H,56,57). The molecule has 15 nitrogen and oxygen atoms in total. The highest BCUT2D eigenvalue weighted by molar-refractivity contribution is 7.98. The van der Waals surface area contributed by atoms with E-state index >= 15 is 0 Å². The number of hydrogen-bond acceptors (Lipinski definition) is 10. The number of hydrogen-bond donors (Lipinski definition) is 3. The summed E-state index contributed by atoms with van der Waals surface area (Å²) in [4.78, 5) is 26.0. The lowest BCUT2D eigenvalue weighted by Crippen LogP contribution is -2.26. The lowest BCUT2D eigenvalue weighted by Gasteiger charge is -2.20. The molecule has 7 aromatic rings. The third-order valence-corrected chi connectivity index (χ3v) is 12.6. The van der Waals surface area contributed by atoms with Crippen LogP contribution < -0.4 is 4.31 Å². The first-order valence-corrected chi connectivity index (χ1v) is 21.2. The second-order valence-corrected chi connectivity index (χ2v) is 16.6. The molecule has 1 unspecified atom stereocenters. The van der Waals surface area contributed by atoms with Crippen LogP contribution in [0.15, 0.2) is 77.7 Å². The SMILES string of the molecule is COC(=O)c1c(C)c2c(-c3c(CN(c4ccc(Cc5cc(CSc6cc(O)c7ccccc7c6)n(C)n5)cc4[N+](=O)[O-])S(=O)O)nn(C)c3C)c(Cl)ccc2n1CCCO. The summed E-state index contributed by atoms with van der Waals surface area (Å²) in [6.45, 7) is 3.49. The third-order valence-electron chi connectivity index (χ3n) is 10.6. The van der Waals surface area contributed by atoms with E-state index in [0.717, 1.165) is 25.7 Å². The number of methoxy groups -OCH3 is 1. The molecule has 0 aliphatic heterocycles. The number of nitro groups is 1. The molecular weight excluding hydrogens is 830 g/mol. The zero-order valence-corrected chi connectivity index (χ0v) is 35.8. The van der Waals surface area contributed by atoms with Crippen molar-refractivity contribution in [3.63, 3.8) is 0 Å². The number of nitrogens with zero attached hydrogens (tertiary/aromatic N) is 7. The van der Waals surface area contributed by atoms with E-state index in [1.165, 1.54) is 19.2 Å². The highest BCUT2D eigenvalue weighted by Crippen LogP contribution is 2.43. The fourth-order valence-corrected chi connectivity index (χ4v) is 9.49. The Morgan fingerprint density at radius 2 is 1.80 bits per heavy atom. The fraction of sp³-hybridized carbons (Fsp3) is 0.262. The second-order valence-electron chi connectivity index (χ2n) is 14.3. The number of aromatic nitrogens is 5. The number of rotatable bonds is 15. The topological polar surface area (TPSA) is 191 Å². The van der Waals surface area contributed by atoms with Gasteiger partial charge in [0.15, 0.2) is 0 Å². The molecule has 18 heteroatoms. The van der Waals surface area contributed by atoms with E-state index in [0.29, 0.717) is 79.7 Å². The van der Waals surface area contributed by atoms with E-state index in [9.17, 15) is 33.9 Å². The third kappa shape index (κ3) is 8.10. The van der Waals surface area contributed by atoms with Gasteiger partial charge in [0.1, 0.15) is 17.1 Å². The molecule has 0 spiro atoms. The Bertz CT molecular complexity index is 2830. The molecule has 0 aliphatic carbocycles. The Labute approximate surface area is 356 Å². The molecule has 3 N–H and O–H groups in total. The Balaban J connectivity index is 1.20. The summed E-state index contributed by atoms with van der Waals surface area (Å²) in [5, 5.41) is 44.8. The molecule has 0 amide bonds. The number of benzene rings is 4. The minimum Gasteiger partial charge on any atom is -0.507 e. The zero-order valence-electron chi connectivity index (χ0n) is 33.4. The number of halogens is 1. The molecule has 0 bridgehead atoms. The Morgan fingerprint density at radius 3 is 2.52 bits per heavy atom. The average Bonchev–Trinajstić information content (AvgIpc) is 3.82. The predicted molar refractivity (Wildman–Crippen MR) is 233 cm³/mol. The number of thioether (sulfide) groups is 1. The van der Waals surface area contributed by atoms with Crippen LogP contribution in [0, 0.1) is 24.0 Å². The predicted octanol–water partition coefficient (Wildman–Crippen LogP) is 8.01. The molecule has 4 aromatic carbocycles. The van der Waals surface area contributed by atoms with Crippen molar-refractivity contribution in [2.45, 2.75) is 50.4 Å². The van der Waals surface area contributed by atoms with Crippen molar-refractivity contribution < 1.29 is 33.4 Å². The highest BCUT2D eigenvalue weighted by atomic mass is 35.5. The van der Waals surface area contributed by atoms with Gasteiger partial charge in [-0.2, -0.15) is 10.2 Å². The normalized spacial score (nSPS) is 12.1. The number of aromatic hydroxyl groups is 1. The summed E-state index contributed by atoms with van der Waals surface area (Å²) in [6, 6.07) is 21.3. The van der Waals surface area contributed by atoms with Gasteiger partial charge < -0.3 is 19.5 Å². The quantitative estimate of drug-likeness (QED) is 0.0297. The van der Waals surface area contributed by atoms with Gasteiger partial charge in [0, 0.05) is 94.2 Å². The van der Waals surface area contributed by atoms with E-state index in [-0.39, 0.29) is 36.7 Å². The van der Waals surface area contributed by atoms with Crippen LogP contribution in [0.4, 0.5) is 11.4 Å². The van der Waals surface area contributed by atoms with Crippen LogP contribution >= 0.6 is 23.4 Å². The van der Waals surface area contributed by atoms with E-state index in [1.807, 2.05) is 50.4 Å². The Morgan fingerprint density at radius 1 is 1.03 bits per heavy atom. The summed E-state index contributed by atoms with van der Waals surface area (Å²) >= 11 is 5.77. The minimum atomic E-state index is -2.74. The van der Waals surface area contributed by atoms with Gasteiger partial charge in [-0.1, -0.05) is 41.9 Å². The van der Waals surface area contributed by atoms with Gasteiger partial charge in [-0.15, -0.1) is 11.8 Å². The van der Waals surface area contributed by atoms with E-state index in [4.69, 9.17) is 21.4 Å². The fourth-order valence-electron chi connectivity index (χ4n) is 7.69. The molecule has 0 saturated carbocycles. The van der Waals surface area contributed by atoms with Crippen LogP contribution in [0.25, 0.3) is 32.8 Å². The molecule has 60 heavy (non-hydrogen) atoms. The molecule has 7 rings (SSSR count). The summed E-state index contributed by atoms with van der Waals surface area (Å²) in [7, 11) is 4.83. The molecule has 0 fully saturated rings. The van der Waals surface area contributed by atoms with Gasteiger partial charge in [-0.05, 0) is 73.2 Å². The van der Waals surface area contributed by atoms with E-state index < -0.39 is 22.2 Å². The summed E-state index contributed by atoms with van der Waals surface area (Å²) in [5.74, 6) is 0.207. The second kappa shape index (κ2) is 17.5. The van der Waals surface area contributed by atoms with Gasteiger partial charge in [0.2, 0.25) is 0 Å². The molecule has 1 atom stereocenters. The van der Waals surface area contributed by atoms with Crippen LogP contribution in [0.1, 0.15) is 50.8 Å². The maximum absolute atomic E-state index is 13.1. The van der Waals surface area contributed by atoms with Crippen molar-refractivity contribution in [2.75, 3.05) is 18.0 Å². The zero-order chi connectivity index (χ0) is 43.0. The van der Waals surface area contributed by atoms with Crippen LogP contribution in [0.2, 0.25) is 5.02 Å². The first kappa shape index (κ1) is 42.4. The number of phenols is 1. The maximum atomic E-state index is 13.1. The molecule has 312 valence electrons. The average molecular weight is 872 g/mol. The summed E-state index contributed by atoms with van der Waals surface area (Å²) in [6.07, 6.45) is 0.633. The molecule has 0 saturated heterocycles. The summed E-state index contributed by atoms with van der Waals surface area (Å²) in [5.41, 5.74) is 5.23. The number of aliphatic hydroxyl groups is 1. The van der Waals surface area contributed by atoms with Crippen molar-refractivity contribution in [1.82, 2.24) is 24.1 Å². The maximum Gasteiger partial charge on any atom is 0.354 e. The van der Waals surface area contributed by atoms with Crippen LogP contribution in [0.3, 0.4) is 0 Å². The highest BCUT2D eigenvalue weighted by Gasteiger charge is 2.31. The van der Waals surface area contributed by atoms with Crippen molar-refractivity contribution in [3.8, 4) is 16.9 Å². The van der Waals surface area contributed by atoms with Gasteiger partial charge in [-0.25, -0.2) is 9.00 Å². The van der Waals surface area contributed by atoms with E-state index in [1.54, 1.807) is 63.9 Å². The molecule has 0 radical (unpaired) electrons. The molecule has 3 aromatic heterocycles. The Hall–Kier alpha value is -5.72. The monoisotopic (exact) mass is 871 g/mol. The number of fused-ring (bicyclic) bond motifs is 2. The van der Waals surface area contributed by atoms with Crippen molar-refractivity contribution in [3.05, 3.63) is 128 Å². The van der Waals surface area contributed by atoms with Gasteiger partial charge in [-0.3, -0.25) is 28.3 Å². The van der Waals surface area contributed by atoms with E-state index in [2.05, 4.69) is 5.10 Å². The summed E-state index contributed by atoms with van der Waals surface area (Å²) < 4.78 is 35.1. The van der Waals surface area contributed by atoms with Gasteiger partial charge in [0.05, 0.1) is 30.0 Å². The molecular formula is C42H42ClN7O8S2. The number of anilines is 1. The van der Waals surface area contributed by atoms with Gasteiger partial charge in [0.25, 0.3) is 17.0 Å². The van der Waals surface area contributed by atoms with Gasteiger partial charge >= 0.3 is 5.97 Å². The number of esters is 1. The number of phenolic OH excluding ortho intramolecular Hbond substituents is 1. The van der Waals surface area contributed by atoms with Crippen LogP contribution in [-0.4, -0.2) is 67.7 Å². The lowest BCUT2D eigenvalue weighted by atomic mass is 9.96. The van der Waals surface area contributed by atoms with Crippen molar-refractivity contribution in [1.29, 1.82) is 0 Å². The van der Waals surface area contributed by atoms with Crippen molar-refractivity contribution in [2.24, 2.45) is 14.1 Å². The number of aryl methyl sites for hydroxylation is 4. The molecule has 0 aliphatic rings. The molecule has 3 heterocycles. The smallest absolute Gasteiger partial charge is 0.354 e. The first-order valence-electron chi connectivity index (χ1n) is 18.8. The first-order chi connectivity index (χ1) is 28.7. The number of ether oxygens (including phenoxy) is 1. The van der Waals surface area contributed by atoms with Crippen LogP contribution in [0.5, 0.6) is 5.75 Å².